The third-order valence-electron chi connectivity index (χ3n) is 4.76. The molecule has 0 bridgehead atoms. The summed E-state index contributed by atoms with van der Waals surface area (Å²) in [5, 5.41) is 6.62. The van der Waals surface area contributed by atoms with E-state index in [1.54, 1.807) is 10.9 Å². The van der Waals surface area contributed by atoms with Gasteiger partial charge in [-0.2, -0.15) is 5.10 Å². The van der Waals surface area contributed by atoms with E-state index in [9.17, 15) is 18.0 Å². The molecule has 2 aliphatic rings. The molecule has 2 heterocycles. The summed E-state index contributed by atoms with van der Waals surface area (Å²) < 4.78 is 43.1. The Balaban J connectivity index is 1.81. The molecule has 1 atom stereocenters. The summed E-state index contributed by atoms with van der Waals surface area (Å²) >= 11 is 1.18. The van der Waals surface area contributed by atoms with Gasteiger partial charge in [0.05, 0.1) is 23.2 Å². The molecule has 8 heteroatoms. The van der Waals surface area contributed by atoms with Gasteiger partial charge in [-0.05, 0) is 18.9 Å². The molecule has 0 radical (unpaired) electrons. The lowest BCUT2D eigenvalue weighted by molar-refractivity contribution is -0.113. The minimum atomic E-state index is -1.49. The zero-order valence-electron chi connectivity index (χ0n) is 13.3. The SMILES string of the molecule is O=C1CSC(c2ccc(F)c(F)c2F)c2cnn(C3CCCC3)c2N1. The number of nitrogens with one attached hydrogen (secondary N) is 1. The third-order valence-corrected chi connectivity index (χ3v) is 6.03. The van der Waals surface area contributed by atoms with Crippen LogP contribution in [0.25, 0.3) is 0 Å². The minimum Gasteiger partial charge on any atom is -0.310 e. The van der Waals surface area contributed by atoms with Crippen LogP contribution in [0.3, 0.4) is 0 Å². The van der Waals surface area contributed by atoms with Gasteiger partial charge in [-0.3, -0.25) is 4.79 Å². The van der Waals surface area contributed by atoms with Gasteiger partial charge in [0.2, 0.25) is 5.91 Å². The average molecular weight is 367 g/mol. The van der Waals surface area contributed by atoms with E-state index in [-0.39, 0.29) is 23.3 Å². The van der Waals surface area contributed by atoms with E-state index in [4.69, 9.17) is 0 Å². The number of halogens is 3. The second kappa shape index (κ2) is 6.40. The lowest BCUT2D eigenvalue weighted by Gasteiger charge is -2.17. The van der Waals surface area contributed by atoms with E-state index >= 15 is 0 Å². The normalized spacial score (nSPS) is 21.1. The van der Waals surface area contributed by atoms with Gasteiger partial charge in [-0.15, -0.1) is 11.8 Å². The van der Waals surface area contributed by atoms with Gasteiger partial charge in [-0.1, -0.05) is 18.9 Å². The fourth-order valence-corrected chi connectivity index (χ4v) is 4.64. The van der Waals surface area contributed by atoms with Crippen LogP contribution in [0.2, 0.25) is 0 Å². The van der Waals surface area contributed by atoms with Crippen LogP contribution in [-0.4, -0.2) is 21.4 Å². The first kappa shape index (κ1) is 16.5. The first-order valence-corrected chi connectivity index (χ1v) is 9.23. The van der Waals surface area contributed by atoms with Crippen molar-refractivity contribution in [2.24, 2.45) is 0 Å². The number of carbonyl (C=O) groups excluding carboxylic acids is 1. The lowest BCUT2D eigenvalue weighted by Crippen LogP contribution is -2.18. The first-order valence-electron chi connectivity index (χ1n) is 8.18. The number of hydrogen-bond acceptors (Lipinski definition) is 3. The van der Waals surface area contributed by atoms with Crippen molar-refractivity contribution in [1.29, 1.82) is 0 Å². The van der Waals surface area contributed by atoms with E-state index < -0.39 is 22.7 Å². The quantitative estimate of drug-likeness (QED) is 0.810. The molecule has 0 saturated heterocycles. The van der Waals surface area contributed by atoms with Gasteiger partial charge in [0.15, 0.2) is 17.5 Å². The van der Waals surface area contributed by atoms with Gasteiger partial charge < -0.3 is 5.32 Å². The van der Waals surface area contributed by atoms with E-state index in [0.29, 0.717) is 11.4 Å². The number of thioether (sulfide) groups is 1. The Morgan fingerprint density at radius 3 is 2.64 bits per heavy atom. The van der Waals surface area contributed by atoms with Gasteiger partial charge in [0, 0.05) is 11.1 Å². The summed E-state index contributed by atoms with van der Waals surface area (Å²) in [5.41, 5.74) is 0.639. The Kier molecular flexibility index (Phi) is 4.23. The minimum absolute atomic E-state index is 0.0209. The zero-order chi connectivity index (χ0) is 17.6. The number of benzene rings is 1. The standard InChI is InChI=1S/C17H16F3N3OS/c18-12-6-5-10(14(19)15(12)20)16-11-7-21-23(9-3-1-2-4-9)17(11)22-13(24)8-25-16/h5-7,9,16H,1-4,8H2,(H,22,24). The zero-order valence-corrected chi connectivity index (χ0v) is 14.1. The van der Waals surface area contributed by atoms with Crippen LogP contribution in [0.15, 0.2) is 18.3 Å². The number of hydrogen-bond donors (Lipinski definition) is 1. The predicted octanol–water partition coefficient (Wildman–Crippen LogP) is 4.19. The van der Waals surface area contributed by atoms with E-state index in [1.165, 1.54) is 17.8 Å². The van der Waals surface area contributed by atoms with Crippen molar-refractivity contribution in [2.45, 2.75) is 37.0 Å². The maximum absolute atomic E-state index is 14.3. The topological polar surface area (TPSA) is 46.9 Å². The van der Waals surface area contributed by atoms with Crippen LogP contribution in [0.5, 0.6) is 0 Å². The first-order chi connectivity index (χ1) is 12.1. The molecule has 4 nitrogen and oxygen atoms in total. The monoisotopic (exact) mass is 367 g/mol. The number of anilines is 1. The Morgan fingerprint density at radius 2 is 1.88 bits per heavy atom. The molecular weight excluding hydrogens is 351 g/mol. The summed E-state index contributed by atoms with van der Waals surface area (Å²) in [6.45, 7) is 0. The average Bonchev–Trinajstić information content (AvgIpc) is 3.22. The Morgan fingerprint density at radius 1 is 1.12 bits per heavy atom. The highest BCUT2D eigenvalue weighted by molar-refractivity contribution is 8.00. The van der Waals surface area contributed by atoms with Crippen molar-refractivity contribution in [2.75, 3.05) is 11.1 Å². The van der Waals surface area contributed by atoms with Crippen molar-refractivity contribution >= 4 is 23.5 Å². The summed E-state index contributed by atoms with van der Waals surface area (Å²) in [5.74, 6) is -3.51. The molecule has 4 rings (SSSR count). The van der Waals surface area contributed by atoms with Crippen LogP contribution in [-0.2, 0) is 4.79 Å². The maximum atomic E-state index is 14.3. The van der Waals surface area contributed by atoms with Crippen LogP contribution in [0.4, 0.5) is 19.0 Å². The molecular formula is C17H16F3N3OS. The van der Waals surface area contributed by atoms with Crippen molar-refractivity contribution in [3.63, 3.8) is 0 Å². The van der Waals surface area contributed by atoms with Crippen molar-refractivity contribution < 1.29 is 18.0 Å². The molecule has 132 valence electrons. The second-order valence-electron chi connectivity index (χ2n) is 6.34. The molecule has 1 N–H and O–H groups in total. The number of carbonyl (C=O) groups is 1. The molecule has 1 unspecified atom stereocenters. The molecule has 1 aromatic carbocycles. The predicted molar refractivity (Wildman–Crippen MR) is 89.0 cm³/mol. The molecule has 1 aromatic heterocycles. The lowest BCUT2D eigenvalue weighted by atomic mass is 10.1. The summed E-state index contributed by atoms with van der Waals surface area (Å²) in [6.07, 6.45) is 5.74. The van der Waals surface area contributed by atoms with E-state index in [2.05, 4.69) is 10.4 Å². The molecule has 1 saturated carbocycles. The number of amides is 1. The summed E-state index contributed by atoms with van der Waals surface area (Å²) in [7, 11) is 0. The van der Waals surface area contributed by atoms with Crippen molar-refractivity contribution in [3.8, 4) is 0 Å². The molecule has 0 spiro atoms. The Bertz CT molecular complexity index is 833. The molecule has 1 amide bonds. The van der Waals surface area contributed by atoms with Gasteiger partial charge >= 0.3 is 0 Å². The number of nitrogens with zero attached hydrogens (tertiary/aromatic N) is 2. The summed E-state index contributed by atoms with van der Waals surface area (Å²) in [4.78, 5) is 12.1. The molecule has 1 fully saturated rings. The van der Waals surface area contributed by atoms with Crippen LogP contribution >= 0.6 is 11.8 Å². The number of aromatic nitrogens is 2. The van der Waals surface area contributed by atoms with E-state index in [1.807, 2.05) is 0 Å². The number of fused-ring (bicyclic) bond motifs is 1. The number of rotatable bonds is 2. The fraction of sp³-hybridized carbons (Fsp3) is 0.412. The highest BCUT2D eigenvalue weighted by Gasteiger charge is 2.32. The van der Waals surface area contributed by atoms with Crippen LogP contribution in [0, 0.1) is 17.5 Å². The molecule has 25 heavy (non-hydrogen) atoms. The Labute approximate surface area is 146 Å². The largest absolute Gasteiger partial charge is 0.310 e. The molecule has 1 aliphatic carbocycles. The molecule has 2 aromatic rings. The fourth-order valence-electron chi connectivity index (χ4n) is 3.54. The van der Waals surface area contributed by atoms with Crippen molar-refractivity contribution in [1.82, 2.24) is 9.78 Å². The molecule has 1 aliphatic heterocycles. The maximum Gasteiger partial charge on any atom is 0.235 e. The smallest absolute Gasteiger partial charge is 0.235 e. The Hall–Kier alpha value is -1.96. The summed E-state index contributed by atoms with van der Waals surface area (Å²) in [6, 6.07) is 2.34. The van der Waals surface area contributed by atoms with E-state index in [0.717, 1.165) is 31.7 Å². The van der Waals surface area contributed by atoms with Crippen LogP contribution in [0.1, 0.15) is 48.1 Å². The van der Waals surface area contributed by atoms with Gasteiger partial charge in [-0.25, -0.2) is 17.9 Å². The highest BCUT2D eigenvalue weighted by Crippen LogP contribution is 2.44. The van der Waals surface area contributed by atoms with Gasteiger partial charge in [0.25, 0.3) is 0 Å². The van der Waals surface area contributed by atoms with Crippen LogP contribution < -0.4 is 5.32 Å². The third kappa shape index (κ3) is 2.82. The van der Waals surface area contributed by atoms with Gasteiger partial charge in [0.1, 0.15) is 5.82 Å². The highest BCUT2D eigenvalue weighted by atomic mass is 32.2. The second-order valence-corrected chi connectivity index (χ2v) is 7.43. The van der Waals surface area contributed by atoms with Crippen molar-refractivity contribution in [3.05, 3.63) is 46.9 Å².